The monoisotopic (exact) mass is 240 g/mol. The summed E-state index contributed by atoms with van der Waals surface area (Å²) in [6, 6.07) is 7.19. The second-order valence-corrected chi connectivity index (χ2v) is 4.79. The predicted octanol–water partition coefficient (Wildman–Crippen LogP) is 2.65. The molecule has 0 saturated carbocycles. The van der Waals surface area contributed by atoms with Crippen LogP contribution in [0.5, 0.6) is 0 Å². The summed E-state index contributed by atoms with van der Waals surface area (Å²) in [5.41, 5.74) is 5.50. The smallest absolute Gasteiger partial charge is 0.243 e. The van der Waals surface area contributed by atoms with Crippen molar-refractivity contribution in [1.29, 1.82) is 0 Å². The minimum atomic E-state index is -0.756. The Morgan fingerprint density at radius 3 is 2.25 bits per heavy atom. The van der Waals surface area contributed by atoms with Crippen LogP contribution in [-0.4, -0.2) is 11.4 Å². The maximum atomic E-state index is 11.5. The molecule has 4 heteroatoms. The molecule has 3 nitrogen and oxygen atoms in total. The molecule has 0 heterocycles. The highest BCUT2D eigenvalue weighted by Gasteiger charge is 2.34. The molecule has 0 aliphatic heterocycles. The number of halogens is 1. The van der Waals surface area contributed by atoms with Crippen LogP contribution in [0.1, 0.15) is 20.8 Å². The number of hydrogen-bond donors (Lipinski definition) is 2. The first-order chi connectivity index (χ1) is 7.36. The molecule has 0 bridgehead atoms. The van der Waals surface area contributed by atoms with E-state index in [-0.39, 0.29) is 11.8 Å². The molecule has 1 unspecified atom stereocenters. The lowest BCUT2D eigenvalue weighted by atomic mass is 9.87. The fourth-order valence-electron chi connectivity index (χ4n) is 1.32. The van der Waals surface area contributed by atoms with E-state index in [1.165, 1.54) is 0 Å². The fourth-order valence-corrected chi connectivity index (χ4v) is 1.45. The van der Waals surface area contributed by atoms with Crippen molar-refractivity contribution in [1.82, 2.24) is 0 Å². The maximum Gasteiger partial charge on any atom is 0.243 e. The average Bonchev–Trinajstić information content (AvgIpc) is 2.20. The SMILES string of the molecule is CC(C)C(C)(Nc1ccc(Cl)cc1)C(N)=O. The molecule has 0 aliphatic rings. The lowest BCUT2D eigenvalue weighted by molar-refractivity contribution is -0.123. The molecule has 1 aromatic rings. The lowest BCUT2D eigenvalue weighted by Crippen LogP contribution is -2.51. The summed E-state index contributed by atoms with van der Waals surface area (Å²) < 4.78 is 0. The number of hydrogen-bond acceptors (Lipinski definition) is 2. The summed E-state index contributed by atoms with van der Waals surface area (Å²) in [5.74, 6) is -0.266. The molecule has 16 heavy (non-hydrogen) atoms. The molecule has 1 atom stereocenters. The summed E-state index contributed by atoms with van der Waals surface area (Å²) >= 11 is 5.79. The first-order valence-electron chi connectivity index (χ1n) is 5.20. The van der Waals surface area contributed by atoms with Crippen molar-refractivity contribution < 1.29 is 4.79 Å². The Labute approximate surface area is 101 Å². The van der Waals surface area contributed by atoms with Crippen molar-refractivity contribution >= 4 is 23.2 Å². The highest BCUT2D eigenvalue weighted by Crippen LogP contribution is 2.23. The second kappa shape index (κ2) is 4.74. The second-order valence-electron chi connectivity index (χ2n) is 4.35. The van der Waals surface area contributed by atoms with Crippen molar-refractivity contribution in [2.45, 2.75) is 26.3 Å². The number of nitrogens with two attached hydrogens (primary N) is 1. The number of nitrogens with one attached hydrogen (secondary N) is 1. The van der Waals surface area contributed by atoms with E-state index < -0.39 is 5.54 Å². The molecule has 3 N–H and O–H groups in total. The average molecular weight is 241 g/mol. The largest absolute Gasteiger partial charge is 0.371 e. The minimum absolute atomic E-state index is 0.0979. The fraction of sp³-hybridized carbons (Fsp3) is 0.417. The Hall–Kier alpha value is -1.22. The van der Waals surface area contributed by atoms with Gasteiger partial charge in [0, 0.05) is 10.7 Å². The van der Waals surface area contributed by atoms with Gasteiger partial charge in [0.2, 0.25) is 5.91 Å². The topological polar surface area (TPSA) is 55.1 Å². The van der Waals surface area contributed by atoms with Crippen LogP contribution in [0.15, 0.2) is 24.3 Å². The molecule has 1 aromatic carbocycles. The van der Waals surface area contributed by atoms with Crippen LogP contribution in [-0.2, 0) is 4.79 Å². The van der Waals surface area contributed by atoms with E-state index >= 15 is 0 Å². The Balaban J connectivity index is 2.93. The van der Waals surface area contributed by atoms with E-state index in [1.807, 2.05) is 26.0 Å². The van der Waals surface area contributed by atoms with Gasteiger partial charge in [0.25, 0.3) is 0 Å². The van der Waals surface area contributed by atoms with Gasteiger partial charge in [0.15, 0.2) is 0 Å². The molecule has 0 aliphatic carbocycles. The quantitative estimate of drug-likeness (QED) is 0.850. The van der Waals surface area contributed by atoms with Gasteiger partial charge in [-0.25, -0.2) is 0 Å². The van der Waals surface area contributed by atoms with Crippen LogP contribution >= 0.6 is 11.6 Å². The van der Waals surface area contributed by atoms with Gasteiger partial charge < -0.3 is 11.1 Å². The molecule has 1 amide bonds. The zero-order valence-corrected chi connectivity index (χ0v) is 10.5. The van der Waals surface area contributed by atoms with Crippen LogP contribution in [0, 0.1) is 5.92 Å². The zero-order valence-electron chi connectivity index (χ0n) is 9.75. The molecule has 1 rings (SSSR count). The Morgan fingerprint density at radius 1 is 1.38 bits per heavy atom. The highest BCUT2D eigenvalue weighted by atomic mass is 35.5. The maximum absolute atomic E-state index is 11.5. The standard InChI is InChI=1S/C12H17ClN2O/c1-8(2)12(3,11(14)16)15-10-6-4-9(13)5-7-10/h4-8,15H,1-3H3,(H2,14,16). The van der Waals surface area contributed by atoms with E-state index in [1.54, 1.807) is 19.1 Å². The minimum Gasteiger partial charge on any atom is -0.371 e. The third-order valence-corrected chi connectivity index (χ3v) is 3.17. The van der Waals surface area contributed by atoms with E-state index in [9.17, 15) is 4.79 Å². The summed E-state index contributed by atoms with van der Waals surface area (Å²) in [7, 11) is 0. The van der Waals surface area contributed by atoms with Crippen LogP contribution in [0.3, 0.4) is 0 Å². The van der Waals surface area contributed by atoms with Gasteiger partial charge in [0.1, 0.15) is 5.54 Å². The first-order valence-corrected chi connectivity index (χ1v) is 5.57. The Kier molecular flexibility index (Phi) is 3.81. The summed E-state index contributed by atoms with van der Waals surface area (Å²) in [6.45, 7) is 5.70. The Morgan fingerprint density at radius 2 is 1.88 bits per heavy atom. The summed E-state index contributed by atoms with van der Waals surface area (Å²) in [5, 5.41) is 3.81. The first kappa shape index (κ1) is 12.8. The van der Waals surface area contributed by atoms with Crippen LogP contribution in [0.25, 0.3) is 0 Å². The molecular weight excluding hydrogens is 224 g/mol. The molecule has 88 valence electrons. The number of primary amides is 1. The van der Waals surface area contributed by atoms with Crippen molar-refractivity contribution in [2.75, 3.05) is 5.32 Å². The van der Waals surface area contributed by atoms with Crippen molar-refractivity contribution in [3.05, 3.63) is 29.3 Å². The van der Waals surface area contributed by atoms with Gasteiger partial charge in [-0.3, -0.25) is 4.79 Å². The molecule has 0 radical (unpaired) electrons. The summed E-state index contributed by atoms with van der Waals surface area (Å²) in [4.78, 5) is 11.5. The molecule has 0 aromatic heterocycles. The van der Waals surface area contributed by atoms with Gasteiger partial charge >= 0.3 is 0 Å². The number of rotatable bonds is 4. The zero-order chi connectivity index (χ0) is 12.3. The number of carbonyl (C=O) groups is 1. The van der Waals surface area contributed by atoms with Gasteiger partial charge in [-0.2, -0.15) is 0 Å². The number of benzene rings is 1. The highest BCUT2D eigenvalue weighted by molar-refractivity contribution is 6.30. The van der Waals surface area contributed by atoms with Gasteiger partial charge in [-0.05, 0) is 37.1 Å². The van der Waals surface area contributed by atoms with Gasteiger partial charge in [-0.1, -0.05) is 25.4 Å². The van der Waals surface area contributed by atoms with Crippen LogP contribution < -0.4 is 11.1 Å². The van der Waals surface area contributed by atoms with Crippen LogP contribution in [0.4, 0.5) is 5.69 Å². The van der Waals surface area contributed by atoms with Crippen molar-refractivity contribution in [3.63, 3.8) is 0 Å². The van der Waals surface area contributed by atoms with Crippen molar-refractivity contribution in [2.24, 2.45) is 11.7 Å². The predicted molar refractivity (Wildman–Crippen MR) is 67.5 cm³/mol. The van der Waals surface area contributed by atoms with Crippen molar-refractivity contribution in [3.8, 4) is 0 Å². The number of carbonyl (C=O) groups excluding carboxylic acids is 1. The van der Waals surface area contributed by atoms with E-state index in [0.29, 0.717) is 5.02 Å². The molecule has 0 saturated heterocycles. The molecule has 0 fully saturated rings. The van der Waals surface area contributed by atoms with Gasteiger partial charge in [0.05, 0.1) is 0 Å². The summed E-state index contributed by atoms with van der Waals surface area (Å²) in [6.07, 6.45) is 0. The van der Waals surface area contributed by atoms with Crippen LogP contribution in [0.2, 0.25) is 5.02 Å². The third kappa shape index (κ3) is 2.67. The van der Waals surface area contributed by atoms with E-state index in [4.69, 9.17) is 17.3 Å². The van der Waals surface area contributed by atoms with E-state index in [0.717, 1.165) is 5.69 Å². The number of anilines is 1. The lowest BCUT2D eigenvalue weighted by Gasteiger charge is -2.32. The van der Waals surface area contributed by atoms with E-state index in [2.05, 4.69) is 5.32 Å². The third-order valence-electron chi connectivity index (χ3n) is 2.91. The normalized spacial score (nSPS) is 14.6. The Bertz CT molecular complexity index is 375. The molecule has 0 spiro atoms. The molecular formula is C12H17ClN2O. The number of amides is 1. The van der Waals surface area contributed by atoms with Gasteiger partial charge in [-0.15, -0.1) is 0 Å².